The third kappa shape index (κ3) is 5.13. The largest absolute Gasteiger partial charge is 0.492 e. The molecule has 5 heteroatoms. The molecule has 0 spiro atoms. The van der Waals surface area contributed by atoms with E-state index in [2.05, 4.69) is 23.9 Å². The molecular formula is C17H27ClN2O2. The van der Waals surface area contributed by atoms with Crippen molar-refractivity contribution in [2.75, 3.05) is 53.5 Å². The van der Waals surface area contributed by atoms with Crippen molar-refractivity contribution in [1.82, 2.24) is 9.80 Å². The Morgan fingerprint density at radius 2 is 1.86 bits per heavy atom. The highest BCUT2D eigenvalue weighted by Crippen LogP contribution is 2.31. The maximum Gasteiger partial charge on any atom is 0.119 e. The molecule has 0 radical (unpaired) electrons. The number of hydrogen-bond acceptors (Lipinski definition) is 4. The molecule has 0 saturated carbocycles. The van der Waals surface area contributed by atoms with Crippen molar-refractivity contribution in [2.45, 2.75) is 12.8 Å². The van der Waals surface area contributed by atoms with Crippen molar-refractivity contribution in [2.24, 2.45) is 5.41 Å². The van der Waals surface area contributed by atoms with Crippen LogP contribution in [0.25, 0.3) is 0 Å². The van der Waals surface area contributed by atoms with Gasteiger partial charge in [-0.25, -0.2) is 0 Å². The van der Waals surface area contributed by atoms with Crippen LogP contribution < -0.4 is 4.74 Å². The molecule has 1 aromatic rings. The molecular weight excluding hydrogens is 300 g/mol. The van der Waals surface area contributed by atoms with Gasteiger partial charge in [0.1, 0.15) is 12.4 Å². The summed E-state index contributed by atoms with van der Waals surface area (Å²) in [5.41, 5.74) is 0.0665. The Bertz CT molecular complexity index is 442. The fraction of sp³-hybridized carbons (Fsp3) is 0.647. The number of hydrogen-bond donors (Lipinski definition) is 1. The average molecular weight is 327 g/mol. The van der Waals surface area contributed by atoms with E-state index >= 15 is 0 Å². The third-order valence-electron chi connectivity index (χ3n) is 4.39. The number of aliphatic hydroxyl groups excluding tert-OH is 1. The van der Waals surface area contributed by atoms with Crippen molar-refractivity contribution in [3.8, 4) is 5.75 Å². The number of nitrogens with zero attached hydrogens (tertiary/aromatic N) is 2. The van der Waals surface area contributed by atoms with Gasteiger partial charge in [0.05, 0.1) is 6.61 Å². The second-order valence-electron chi connectivity index (χ2n) is 6.54. The van der Waals surface area contributed by atoms with Crippen LogP contribution in [0.15, 0.2) is 24.3 Å². The number of halogens is 1. The van der Waals surface area contributed by atoms with Crippen LogP contribution in [0.1, 0.15) is 12.8 Å². The van der Waals surface area contributed by atoms with Crippen LogP contribution in [0, 0.1) is 5.41 Å². The molecule has 0 bridgehead atoms. The molecule has 1 fully saturated rings. The minimum Gasteiger partial charge on any atom is -0.492 e. The van der Waals surface area contributed by atoms with Crippen molar-refractivity contribution in [3.63, 3.8) is 0 Å². The summed E-state index contributed by atoms with van der Waals surface area (Å²) >= 11 is 5.86. The van der Waals surface area contributed by atoms with E-state index in [9.17, 15) is 5.11 Å². The smallest absolute Gasteiger partial charge is 0.119 e. The second kappa shape index (κ2) is 8.16. The zero-order valence-electron chi connectivity index (χ0n) is 13.6. The predicted octanol–water partition coefficient (Wildman–Crippen LogP) is 2.35. The van der Waals surface area contributed by atoms with Crippen molar-refractivity contribution in [3.05, 3.63) is 29.3 Å². The monoisotopic (exact) mass is 326 g/mol. The van der Waals surface area contributed by atoms with Gasteiger partial charge in [0, 0.05) is 23.5 Å². The molecule has 1 aromatic carbocycles. The van der Waals surface area contributed by atoms with Crippen molar-refractivity contribution < 1.29 is 9.84 Å². The summed E-state index contributed by atoms with van der Waals surface area (Å²) in [4.78, 5) is 4.59. The van der Waals surface area contributed by atoms with Gasteiger partial charge in [-0.05, 0) is 64.3 Å². The summed E-state index contributed by atoms with van der Waals surface area (Å²) in [6.45, 7) is 4.89. The van der Waals surface area contributed by atoms with Crippen LogP contribution >= 0.6 is 11.6 Å². The number of piperidine rings is 1. The Morgan fingerprint density at radius 3 is 2.41 bits per heavy atom. The lowest BCUT2D eigenvalue weighted by Crippen LogP contribution is -2.47. The molecule has 1 N–H and O–H groups in total. The molecule has 0 aliphatic carbocycles. The zero-order chi connectivity index (χ0) is 16.0. The van der Waals surface area contributed by atoms with Gasteiger partial charge in [-0.2, -0.15) is 0 Å². The highest BCUT2D eigenvalue weighted by atomic mass is 35.5. The summed E-state index contributed by atoms with van der Waals surface area (Å²) in [5, 5.41) is 10.5. The zero-order valence-corrected chi connectivity index (χ0v) is 14.4. The molecule has 1 saturated heterocycles. The Labute approximate surface area is 138 Å². The summed E-state index contributed by atoms with van der Waals surface area (Å²) < 4.78 is 5.75. The first kappa shape index (κ1) is 17.5. The molecule has 2 rings (SSSR count). The van der Waals surface area contributed by atoms with Crippen LogP contribution in [0.5, 0.6) is 5.75 Å². The SMILES string of the molecule is CN(C)CC1(CO)CCN(CCOc2ccc(Cl)cc2)CC1. The van der Waals surface area contributed by atoms with E-state index in [1.54, 1.807) is 0 Å². The molecule has 4 nitrogen and oxygen atoms in total. The molecule has 0 aromatic heterocycles. The van der Waals surface area contributed by atoms with Crippen LogP contribution in [-0.4, -0.2) is 68.4 Å². The minimum atomic E-state index is 0.0665. The summed E-state index contributed by atoms with van der Waals surface area (Å²) in [7, 11) is 4.15. The van der Waals surface area contributed by atoms with E-state index in [0.29, 0.717) is 6.61 Å². The van der Waals surface area contributed by atoms with Gasteiger partial charge in [0.25, 0.3) is 0 Å². The quantitative estimate of drug-likeness (QED) is 0.834. The molecule has 1 aliphatic rings. The van der Waals surface area contributed by atoms with Gasteiger partial charge in [-0.15, -0.1) is 0 Å². The average Bonchev–Trinajstić information content (AvgIpc) is 2.50. The van der Waals surface area contributed by atoms with E-state index in [4.69, 9.17) is 16.3 Å². The minimum absolute atomic E-state index is 0.0665. The summed E-state index contributed by atoms with van der Waals surface area (Å²) in [6, 6.07) is 7.47. The first-order chi connectivity index (χ1) is 10.5. The third-order valence-corrected chi connectivity index (χ3v) is 4.65. The number of ether oxygens (including phenoxy) is 1. The maximum atomic E-state index is 9.74. The van der Waals surface area contributed by atoms with Crippen molar-refractivity contribution in [1.29, 1.82) is 0 Å². The Kier molecular flexibility index (Phi) is 6.50. The number of likely N-dealkylation sites (tertiary alicyclic amines) is 1. The normalized spacial score (nSPS) is 18.6. The van der Waals surface area contributed by atoms with Crippen LogP contribution in [0.4, 0.5) is 0 Å². The first-order valence-electron chi connectivity index (χ1n) is 7.89. The number of rotatable bonds is 7. The van der Waals surface area contributed by atoms with E-state index < -0.39 is 0 Å². The van der Waals surface area contributed by atoms with Crippen LogP contribution in [0.3, 0.4) is 0 Å². The van der Waals surface area contributed by atoms with E-state index in [1.807, 2.05) is 24.3 Å². The van der Waals surface area contributed by atoms with Gasteiger partial charge >= 0.3 is 0 Å². The van der Waals surface area contributed by atoms with Gasteiger partial charge in [0.2, 0.25) is 0 Å². The fourth-order valence-electron chi connectivity index (χ4n) is 3.11. The standard InChI is InChI=1S/C17H27ClN2O2/c1-19(2)13-17(14-21)7-9-20(10-8-17)11-12-22-16-5-3-15(18)4-6-16/h3-6,21H,7-14H2,1-2H3. The van der Waals surface area contributed by atoms with E-state index in [0.717, 1.165) is 49.8 Å². The van der Waals surface area contributed by atoms with Gasteiger partial charge < -0.3 is 14.7 Å². The maximum absolute atomic E-state index is 9.74. The second-order valence-corrected chi connectivity index (χ2v) is 6.98. The van der Waals surface area contributed by atoms with Crippen molar-refractivity contribution >= 4 is 11.6 Å². The highest BCUT2D eigenvalue weighted by Gasteiger charge is 2.34. The lowest BCUT2D eigenvalue weighted by Gasteiger charge is -2.42. The fourth-order valence-corrected chi connectivity index (χ4v) is 3.24. The molecule has 22 heavy (non-hydrogen) atoms. The molecule has 1 aliphatic heterocycles. The van der Waals surface area contributed by atoms with Crippen LogP contribution in [0.2, 0.25) is 5.02 Å². The molecule has 1 heterocycles. The highest BCUT2D eigenvalue weighted by molar-refractivity contribution is 6.30. The molecule has 0 unspecified atom stereocenters. The summed E-state index contributed by atoms with van der Waals surface area (Å²) in [6.07, 6.45) is 2.09. The molecule has 0 amide bonds. The first-order valence-corrected chi connectivity index (χ1v) is 8.27. The van der Waals surface area contributed by atoms with E-state index in [-0.39, 0.29) is 12.0 Å². The van der Waals surface area contributed by atoms with Gasteiger partial charge in [-0.3, -0.25) is 4.90 Å². The Balaban J connectivity index is 1.72. The Morgan fingerprint density at radius 1 is 1.23 bits per heavy atom. The molecule has 124 valence electrons. The lowest BCUT2D eigenvalue weighted by molar-refractivity contribution is 0.0209. The van der Waals surface area contributed by atoms with Gasteiger partial charge in [0.15, 0.2) is 0 Å². The summed E-state index contributed by atoms with van der Waals surface area (Å²) in [5.74, 6) is 0.860. The number of benzene rings is 1. The predicted molar refractivity (Wildman–Crippen MR) is 90.7 cm³/mol. The Hall–Kier alpha value is -0.810. The number of aliphatic hydroxyl groups is 1. The lowest BCUT2D eigenvalue weighted by atomic mass is 9.78. The topological polar surface area (TPSA) is 35.9 Å². The van der Waals surface area contributed by atoms with E-state index in [1.165, 1.54) is 0 Å². The molecule has 0 atom stereocenters. The van der Waals surface area contributed by atoms with Gasteiger partial charge in [-0.1, -0.05) is 11.6 Å². The van der Waals surface area contributed by atoms with Crippen LogP contribution in [-0.2, 0) is 0 Å².